The second-order valence-corrected chi connectivity index (χ2v) is 4.66. The molecule has 3 aromatic rings. The van der Waals surface area contributed by atoms with Crippen LogP contribution in [0.3, 0.4) is 0 Å². The largest absolute Gasteiger partial charge is 0.227 e. The van der Waals surface area contributed by atoms with Gasteiger partial charge in [0.1, 0.15) is 5.82 Å². The molecule has 3 nitrogen and oxygen atoms in total. The molecule has 0 bridgehead atoms. The number of hydrogen-bond acceptors (Lipinski definition) is 3. The fraction of sp³-hybridized carbons (Fsp3) is 0. The van der Waals surface area contributed by atoms with E-state index in [-0.39, 0.29) is 5.82 Å². The third kappa shape index (κ3) is 2.72. The predicted octanol–water partition coefficient (Wildman–Crippen LogP) is 3.85. The normalized spacial score (nSPS) is 10.8. The lowest BCUT2D eigenvalue weighted by Crippen LogP contribution is -2.06. The minimum absolute atomic E-state index is 0.273. The standard InChI is InChI=1S/C14H10FNO2S/c15-12-6-7-14-11(10-12)8-9-16(14)17-18-19-13-4-2-1-3-5-13/h1-10H. The van der Waals surface area contributed by atoms with Gasteiger partial charge in [-0.15, -0.1) is 0 Å². The van der Waals surface area contributed by atoms with Crippen LogP contribution in [-0.2, 0) is 4.33 Å². The van der Waals surface area contributed by atoms with Crippen LogP contribution in [-0.4, -0.2) is 4.73 Å². The maximum absolute atomic E-state index is 13.0. The zero-order valence-corrected chi connectivity index (χ0v) is 10.6. The highest BCUT2D eigenvalue weighted by Gasteiger charge is 2.04. The summed E-state index contributed by atoms with van der Waals surface area (Å²) in [6.07, 6.45) is 1.68. The van der Waals surface area contributed by atoms with Crippen LogP contribution in [0.4, 0.5) is 4.39 Å². The summed E-state index contributed by atoms with van der Waals surface area (Å²) in [5.41, 5.74) is 0.745. The summed E-state index contributed by atoms with van der Waals surface area (Å²) < 4.78 is 19.6. The first-order valence-electron chi connectivity index (χ1n) is 5.66. The van der Waals surface area contributed by atoms with E-state index in [1.54, 1.807) is 18.3 Å². The molecule has 5 heteroatoms. The Labute approximate surface area is 113 Å². The van der Waals surface area contributed by atoms with E-state index < -0.39 is 0 Å². The SMILES string of the molecule is Fc1ccc2c(ccn2OOSc2ccccc2)c1. The Kier molecular flexibility index (Phi) is 3.39. The number of aromatic nitrogens is 1. The summed E-state index contributed by atoms with van der Waals surface area (Å²) in [5.74, 6) is -0.273. The van der Waals surface area contributed by atoms with Crippen molar-refractivity contribution in [1.29, 1.82) is 0 Å². The van der Waals surface area contributed by atoms with Crippen LogP contribution in [0.25, 0.3) is 10.9 Å². The summed E-state index contributed by atoms with van der Waals surface area (Å²) in [5, 5.41) is 0.758. The molecule has 0 saturated carbocycles. The Bertz CT molecular complexity index is 684. The Balaban J connectivity index is 1.69. The molecule has 0 fully saturated rings. The average molecular weight is 275 g/mol. The predicted molar refractivity (Wildman–Crippen MR) is 71.9 cm³/mol. The van der Waals surface area contributed by atoms with Gasteiger partial charge in [-0.2, -0.15) is 4.73 Å². The fourth-order valence-electron chi connectivity index (χ4n) is 1.72. The molecular formula is C14H10FNO2S. The van der Waals surface area contributed by atoms with Gasteiger partial charge in [0.2, 0.25) is 0 Å². The second-order valence-electron chi connectivity index (χ2n) is 3.88. The van der Waals surface area contributed by atoms with E-state index in [0.29, 0.717) is 0 Å². The third-order valence-corrected chi connectivity index (χ3v) is 3.19. The lowest BCUT2D eigenvalue weighted by atomic mass is 10.2. The topological polar surface area (TPSA) is 23.4 Å². The Hall–Kier alpha value is -1.98. The first-order valence-corrected chi connectivity index (χ1v) is 6.40. The fourth-order valence-corrected chi connectivity index (χ4v) is 2.16. The maximum Gasteiger partial charge on any atom is 0.123 e. The van der Waals surface area contributed by atoms with E-state index in [2.05, 4.69) is 0 Å². The average Bonchev–Trinajstić information content (AvgIpc) is 2.82. The van der Waals surface area contributed by atoms with Gasteiger partial charge in [-0.25, -0.2) is 9.38 Å². The maximum atomic E-state index is 13.0. The Morgan fingerprint density at radius 3 is 2.68 bits per heavy atom. The van der Waals surface area contributed by atoms with Gasteiger partial charge in [-0.3, -0.25) is 0 Å². The van der Waals surface area contributed by atoms with E-state index in [4.69, 9.17) is 9.32 Å². The molecule has 0 N–H and O–H groups in total. The molecular weight excluding hydrogens is 265 g/mol. The molecule has 19 heavy (non-hydrogen) atoms. The number of hydrogen-bond donors (Lipinski definition) is 0. The van der Waals surface area contributed by atoms with Gasteiger partial charge in [-0.1, -0.05) is 22.5 Å². The highest BCUT2D eigenvalue weighted by atomic mass is 32.2. The van der Waals surface area contributed by atoms with Crippen molar-refractivity contribution in [2.24, 2.45) is 0 Å². The van der Waals surface area contributed by atoms with Crippen LogP contribution >= 0.6 is 12.0 Å². The molecule has 0 unspecified atom stereocenters. The van der Waals surface area contributed by atoms with Crippen molar-refractivity contribution in [1.82, 2.24) is 4.73 Å². The summed E-state index contributed by atoms with van der Waals surface area (Å²) >= 11 is 1.11. The van der Waals surface area contributed by atoms with Crippen molar-refractivity contribution >= 4 is 22.9 Å². The van der Waals surface area contributed by atoms with E-state index in [1.807, 2.05) is 30.3 Å². The molecule has 0 saturated heterocycles. The van der Waals surface area contributed by atoms with Crippen molar-refractivity contribution in [3.05, 3.63) is 66.6 Å². The van der Waals surface area contributed by atoms with Gasteiger partial charge in [0.15, 0.2) is 0 Å². The number of nitrogens with zero attached hydrogens (tertiary/aromatic N) is 1. The van der Waals surface area contributed by atoms with E-state index in [0.717, 1.165) is 27.8 Å². The van der Waals surface area contributed by atoms with E-state index in [1.165, 1.54) is 16.9 Å². The van der Waals surface area contributed by atoms with Crippen LogP contribution < -0.4 is 4.99 Å². The van der Waals surface area contributed by atoms with Crippen molar-refractivity contribution in [3.63, 3.8) is 0 Å². The van der Waals surface area contributed by atoms with Crippen LogP contribution in [0, 0.1) is 5.82 Å². The summed E-state index contributed by atoms with van der Waals surface area (Å²) in [6.45, 7) is 0. The molecule has 0 radical (unpaired) electrons. The van der Waals surface area contributed by atoms with Gasteiger partial charge in [-0.05, 0) is 36.4 Å². The summed E-state index contributed by atoms with van der Waals surface area (Å²) in [4.78, 5) is 6.10. The third-order valence-electron chi connectivity index (χ3n) is 2.60. The van der Waals surface area contributed by atoms with E-state index >= 15 is 0 Å². The van der Waals surface area contributed by atoms with Crippen molar-refractivity contribution in [2.75, 3.05) is 0 Å². The molecule has 0 aliphatic rings. The first-order chi connectivity index (χ1) is 9.33. The van der Waals surface area contributed by atoms with Crippen LogP contribution in [0.5, 0.6) is 0 Å². The summed E-state index contributed by atoms with van der Waals surface area (Å²) in [7, 11) is 0. The zero-order chi connectivity index (χ0) is 13.1. The zero-order valence-electron chi connectivity index (χ0n) is 9.82. The van der Waals surface area contributed by atoms with Crippen molar-refractivity contribution < 1.29 is 13.7 Å². The molecule has 0 aliphatic heterocycles. The molecule has 3 rings (SSSR count). The number of benzene rings is 2. The van der Waals surface area contributed by atoms with Gasteiger partial charge in [0.25, 0.3) is 0 Å². The lowest BCUT2D eigenvalue weighted by Gasteiger charge is -2.04. The van der Waals surface area contributed by atoms with Crippen LogP contribution in [0.2, 0.25) is 0 Å². The van der Waals surface area contributed by atoms with E-state index in [9.17, 15) is 4.39 Å². The molecule has 1 heterocycles. The highest BCUT2D eigenvalue weighted by Crippen LogP contribution is 2.19. The second kappa shape index (κ2) is 5.34. The molecule has 96 valence electrons. The molecule has 0 amide bonds. The monoisotopic (exact) mass is 275 g/mol. The number of rotatable bonds is 4. The molecule has 2 aromatic carbocycles. The minimum atomic E-state index is -0.273. The smallest absolute Gasteiger partial charge is 0.123 e. The number of halogens is 1. The number of fused-ring (bicyclic) bond motifs is 1. The molecule has 0 aliphatic carbocycles. The molecule has 1 aromatic heterocycles. The quantitative estimate of drug-likeness (QED) is 0.410. The Morgan fingerprint density at radius 1 is 1.00 bits per heavy atom. The van der Waals surface area contributed by atoms with Crippen LogP contribution in [0.1, 0.15) is 0 Å². The van der Waals surface area contributed by atoms with Gasteiger partial charge >= 0.3 is 0 Å². The van der Waals surface area contributed by atoms with Crippen LogP contribution in [0.15, 0.2) is 65.7 Å². The lowest BCUT2D eigenvalue weighted by molar-refractivity contribution is -0.188. The molecule has 0 atom stereocenters. The minimum Gasteiger partial charge on any atom is -0.227 e. The Morgan fingerprint density at radius 2 is 1.84 bits per heavy atom. The van der Waals surface area contributed by atoms with Crippen molar-refractivity contribution in [2.45, 2.75) is 4.90 Å². The highest BCUT2D eigenvalue weighted by molar-refractivity contribution is 7.94. The van der Waals surface area contributed by atoms with Gasteiger partial charge < -0.3 is 0 Å². The summed E-state index contributed by atoms with van der Waals surface area (Å²) in [6, 6.07) is 15.8. The van der Waals surface area contributed by atoms with Crippen molar-refractivity contribution in [3.8, 4) is 0 Å². The molecule has 0 spiro atoms. The van der Waals surface area contributed by atoms with Gasteiger partial charge in [0, 0.05) is 16.5 Å². The first kappa shape index (κ1) is 12.1. The van der Waals surface area contributed by atoms with Gasteiger partial charge in [0.05, 0.1) is 17.6 Å².